The van der Waals surface area contributed by atoms with Crippen LogP contribution in [-0.2, 0) is 28.8 Å². The SMILES string of the molecule is C=CCON(C1CN(C(=O)OC(C)(C)C)C(CO[Si](C)(C)C(C)(C)C)C=C1COC)S(=O)(=O)c1ccccc1[N+](=O)[O-]. The van der Waals surface area contributed by atoms with Gasteiger partial charge in [0.05, 0.1) is 36.8 Å². The van der Waals surface area contributed by atoms with E-state index in [4.69, 9.17) is 18.7 Å². The smallest absolute Gasteiger partial charge is 0.410 e. The monoisotopic (exact) mass is 627 g/mol. The van der Waals surface area contributed by atoms with Crippen molar-refractivity contribution in [3.8, 4) is 0 Å². The molecule has 1 amide bonds. The molecular formula is C28H45N3O9SSi. The Bertz CT molecular complexity index is 1270. The van der Waals surface area contributed by atoms with E-state index in [0.29, 0.717) is 10.0 Å². The van der Waals surface area contributed by atoms with Gasteiger partial charge in [-0.25, -0.2) is 13.2 Å². The van der Waals surface area contributed by atoms with Crippen LogP contribution in [0.1, 0.15) is 41.5 Å². The first kappa shape index (κ1) is 35.6. The van der Waals surface area contributed by atoms with Gasteiger partial charge in [-0.3, -0.25) is 19.9 Å². The lowest BCUT2D eigenvalue weighted by atomic mass is 9.99. The lowest BCUT2D eigenvalue weighted by molar-refractivity contribution is -0.388. The van der Waals surface area contributed by atoms with Gasteiger partial charge in [-0.05, 0) is 50.5 Å². The molecule has 1 heterocycles. The fourth-order valence-corrected chi connectivity index (χ4v) is 6.56. The number of nitro groups is 1. The Morgan fingerprint density at radius 3 is 2.36 bits per heavy atom. The lowest BCUT2D eigenvalue weighted by Gasteiger charge is -2.43. The number of nitrogens with zero attached hydrogens (tertiary/aromatic N) is 3. The van der Waals surface area contributed by atoms with E-state index in [9.17, 15) is 23.3 Å². The normalized spacial score (nSPS) is 18.5. The van der Waals surface area contributed by atoms with Crippen molar-refractivity contribution in [2.75, 3.05) is 33.5 Å². The van der Waals surface area contributed by atoms with Crippen LogP contribution >= 0.6 is 0 Å². The molecule has 0 saturated heterocycles. The molecular weight excluding hydrogens is 582 g/mol. The van der Waals surface area contributed by atoms with E-state index in [0.717, 1.165) is 12.1 Å². The molecule has 0 saturated carbocycles. The largest absolute Gasteiger partial charge is 0.444 e. The number of hydrogen-bond acceptors (Lipinski definition) is 9. The minimum absolute atomic E-state index is 0.00374. The average molecular weight is 628 g/mol. The number of para-hydroxylation sites is 1. The lowest BCUT2D eigenvalue weighted by Crippen LogP contribution is -2.57. The molecule has 0 spiro atoms. The van der Waals surface area contributed by atoms with Crippen molar-refractivity contribution < 1.29 is 36.9 Å². The molecule has 1 aliphatic rings. The van der Waals surface area contributed by atoms with Gasteiger partial charge in [0.15, 0.2) is 13.2 Å². The Hall–Kier alpha value is -2.62. The molecule has 0 aromatic heterocycles. The molecule has 0 radical (unpaired) electrons. The molecule has 0 fully saturated rings. The van der Waals surface area contributed by atoms with Crippen molar-refractivity contribution in [1.29, 1.82) is 0 Å². The summed E-state index contributed by atoms with van der Waals surface area (Å²) in [7, 11) is -5.40. The van der Waals surface area contributed by atoms with Gasteiger partial charge in [-0.1, -0.05) is 49.5 Å². The Labute approximate surface area is 250 Å². The second-order valence-electron chi connectivity index (χ2n) is 12.5. The third-order valence-electron chi connectivity index (χ3n) is 7.12. The number of rotatable bonds is 12. The van der Waals surface area contributed by atoms with Gasteiger partial charge < -0.3 is 13.9 Å². The Kier molecular flexibility index (Phi) is 11.7. The van der Waals surface area contributed by atoms with Crippen LogP contribution in [0.5, 0.6) is 0 Å². The fraction of sp³-hybridized carbons (Fsp3) is 0.607. The van der Waals surface area contributed by atoms with Crippen molar-refractivity contribution >= 4 is 30.1 Å². The zero-order chi connectivity index (χ0) is 32.1. The minimum Gasteiger partial charge on any atom is -0.444 e. The van der Waals surface area contributed by atoms with E-state index in [2.05, 4.69) is 40.4 Å². The van der Waals surface area contributed by atoms with Crippen LogP contribution in [-0.4, -0.2) is 88.3 Å². The molecule has 12 nitrogen and oxygen atoms in total. The minimum atomic E-state index is -4.63. The molecule has 1 aromatic carbocycles. The highest BCUT2D eigenvalue weighted by atomic mass is 32.2. The second kappa shape index (κ2) is 13.8. The third kappa shape index (κ3) is 8.71. The van der Waals surface area contributed by atoms with E-state index in [1.807, 2.05) is 0 Å². The third-order valence-corrected chi connectivity index (χ3v) is 13.4. The van der Waals surface area contributed by atoms with Crippen LogP contribution in [0.3, 0.4) is 0 Å². The maximum Gasteiger partial charge on any atom is 0.410 e. The number of carbonyl (C=O) groups is 1. The van der Waals surface area contributed by atoms with Gasteiger partial charge in [0.2, 0.25) is 0 Å². The highest BCUT2D eigenvalue weighted by Crippen LogP contribution is 2.38. The summed E-state index contributed by atoms with van der Waals surface area (Å²) in [6.07, 6.45) is 2.41. The fourth-order valence-electron chi connectivity index (χ4n) is 3.96. The highest BCUT2D eigenvalue weighted by molar-refractivity contribution is 7.89. The van der Waals surface area contributed by atoms with E-state index >= 15 is 0 Å². The zero-order valence-corrected chi connectivity index (χ0v) is 27.9. The van der Waals surface area contributed by atoms with Crippen molar-refractivity contribution in [3.05, 3.63) is 58.7 Å². The summed E-state index contributed by atoms with van der Waals surface area (Å²) < 4.78 is 46.3. The van der Waals surface area contributed by atoms with Gasteiger partial charge in [0, 0.05) is 19.7 Å². The summed E-state index contributed by atoms with van der Waals surface area (Å²) in [5, 5.41) is 11.7. The molecule has 2 atom stereocenters. The first-order valence-electron chi connectivity index (χ1n) is 13.6. The number of amides is 1. The molecule has 1 aliphatic heterocycles. The van der Waals surface area contributed by atoms with Crippen molar-refractivity contribution in [1.82, 2.24) is 9.37 Å². The summed E-state index contributed by atoms with van der Waals surface area (Å²) in [6, 6.07) is 3.30. The average Bonchev–Trinajstić information content (AvgIpc) is 2.86. The number of hydrogen-bond donors (Lipinski definition) is 0. The number of benzene rings is 1. The first-order chi connectivity index (χ1) is 19.3. The molecule has 2 unspecified atom stereocenters. The van der Waals surface area contributed by atoms with Crippen LogP contribution in [0.4, 0.5) is 10.5 Å². The Balaban J connectivity index is 2.70. The second-order valence-corrected chi connectivity index (χ2v) is 19.1. The molecule has 236 valence electrons. The quantitative estimate of drug-likeness (QED) is 0.131. The van der Waals surface area contributed by atoms with Crippen LogP contribution in [0.25, 0.3) is 0 Å². The molecule has 2 rings (SSSR count). The van der Waals surface area contributed by atoms with Crippen molar-refractivity contribution in [3.63, 3.8) is 0 Å². The first-order valence-corrected chi connectivity index (χ1v) is 18.0. The van der Waals surface area contributed by atoms with E-state index in [1.165, 1.54) is 30.2 Å². The van der Waals surface area contributed by atoms with E-state index in [1.54, 1.807) is 26.8 Å². The summed E-state index contributed by atoms with van der Waals surface area (Å²) >= 11 is 0. The van der Waals surface area contributed by atoms with Crippen LogP contribution in [0.2, 0.25) is 18.1 Å². The van der Waals surface area contributed by atoms with E-state index in [-0.39, 0.29) is 31.4 Å². The summed E-state index contributed by atoms with van der Waals surface area (Å²) in [5.41, 5.74) is -0.946. The zero-order valence-electron chi connectivity index (χ0n) is 26.1. The van der Waals surface area contributed by atoms with Gasteiger partial charge in [-0.2, -0.15) is 0 Å². The van der Waals surface area contributed by atoms with Crippen LogP contribution < -0.4 is 0 Å². The Morgan fingerprint density at radius 1 is 1.21 bits per heavy atom. The molecule has 0 aliphatic carbocycles. The number of carbonyl (C=O) groups excluding carboxylic acids is 1. The van der Waals surface area contributed by atoms with Gasteiger partial charge in [0.1, 0.15) is 5.60 Å². The van der Waals surface area contributed by atoms with Crippen molar-refractivity contribution in [2.24, 2.45) is 0 Å². The maximum atomic E-state index is 14.0. The van der Waals surface area contributed by atoms with Gasteiger partial charge in [0.25, 0.3) is 15.7 Å². The predicted octanol–water partition coefficient (Wildman–Crippen LogP) is 5.29. The summed E-state index contributed by atoms with van der Waals surface area (Å²) in [4.78, 5) is 31.1. The molecule has 0 N–H and O–H groups in total. The highest BCUT2D eigenvalue weighted by Gasteiger charge is 2.45. The Morgan fingerprint density at radius 2 is 1.83 bits per heavy atom. The van der Waals surface area contributed by atoms with Gasteiger partial charge >= 0.3 is 6.09 Å². The number of ether oxygens (including phenoxy) is 2. The number of methoxy groups -OCH3 is 1. The number of sulfonamides is 1. The standard InChI is InChI=1S/C28H45N3O9SSi/c1-11-16-38-31(41(35,36)25-15-13-12-14-23(25)30(33)34)24-18-29(26(32)40-27(2,3)4)22(17-21(24)19-37-8)20-39-42(9,10)28(5,6)7/h11-15,17,22,24H,1,16,18-20H2,2-10H3. The number of nitro benzene ring substituents is 1. The van der Waals surface area contributed by atoms with Crippen LogP contribution in [0, 0.1) is 10.1 Å². The molecule has 1 aromatic rings. The van der Waals surface area contributed by atoms with Crippen LogP contribution in [0.15, 0.2) is 53.5 Å². The summed E-state index contributed by atoms with van der Waals surface area (Å²) in [5.74, 6) is 0. The molecule has 14 heteroatoms. The van der Waals surface area contributed by atoms with Gasteiger partial charge in [-0.15, -0.1) is 6.58 Å². The number of hydroxylamine groups is 1. The maximum absolute atomic E-state index is 14.0. The molecule has 42 heavy (non-hydrogen) atoms. The topological polar surface area (TPSA) is 138 Å². The predicted molar refractivity (Wildman–Crippen MR) is 162 cm³/mol. The van der Waals surface area contributed by atoms with Crippen molar-refractivity contribution in [2.45, 2.75) is 82.3 Å². The van der Waals surface area contributed by atoms with E-state index < -0.39 is 57.6 Å². The molecule has 0 bridgehead atoms. The summed E-state index contributed by atoms with van der Waals surface area (Å²) in [6.45, 7) is 19.1.